The molecule has 0 radical (unpaired) electrons. The second kappa shape index (κ2) is 16.1. The van der Waals surface area contributed by atoms with E-state index in [4.69, 9.17) is 18.7 Å². The molecule has 0 N–H and O–H groups in total. The topological polar surface area (TPSA) is 112 Å². The number of alkyl halides is 3. The van der Waals surface area contributed by atoms with Gasteiger partial charge in [-0.2, -0.15) is 21.6 Å². The van der Waals surface area contributed by atoms with E-state index >= 15 is 0 Å². The van der Waals surface area contributed by atoms with Gasteiger partial charge in [-0.15, -0.1) is 0 Å². The first-order chi connectivity index (χ1) is 13.7. The number of hydrogen-bond donors (Lipinski definition) is 0. The first-order valence-corrected chi connectivity index (χ1v) is 9.45. The first-order valence-electron chi connectivity index (χ1n) is 8.05. The Balaban J connectivity index is -0.000000955. The van der Waals surface area contributed by atoms with E-state index < -0.39 is 15.6 Å². The van der Waals surface area contributed by atoms with Gasteiger partial charge in [-0.05, 0) is 43.7 Å². The van der Waals surface area contributed by atoms with Gasteiger partial charge < -0.3 is 8.92 Å². The second-order valence-electron chi connectivity index (χ2n) is 5.46. The molecule has 2 rings (SSSR count). The summed E-state index contributed by atoms with van der Waals surface area (Å²) in [4.78, 5) is 0. The van der Waals surface area contributed by atoms with Gasteiger partial charge in [0, 0.05) is 28.5 Å². The van der Waals surface area contributed by atoms with E-state index in [0.29, 0.717) is 42.6 Å². The fourth-order valence-electron chi connectivity index (χ4n) is 2.83. The number of aryl methyl sites for hydroxylation is 1. The molecule has 7 nitrogen and oxygen atoms in total. The molecule has 0 amide bonds. The third kappa shape index (κ3) is 8.59. The van der Waals surface area contributed by atoms with Crippen LogP contribution in [0.15, 0.2) is 6.07 Å². The molecule has 166 valence electrons. The molecule has 0 saturated heterocycles. The molecule has 0 spiro atoms. The number of fused-ring (bicyclic) bond motifs is 1. The summed E-state index contributed by atoms with van der Waals surface area (Å²) < 4.78 is 93.3. The van der Waals surface area contributed by atoms with E-state index in [1.165, 1.54) is 7.11 Å². The molecule has 0 aromatic heterocycles. The molecule has 12 heteroatoms. The molecule has 1 aliphatic rings. The zero-order chi connectivity index (χ0) is 23.3. The van der Waals surface area contributed by atoms with E-state index in [1.54, 1.807) is 6.07 Å². The third-order valence-electron chi connectivity index (χ3n) is 3.85. The maximum absolute atomic E-state index is 12.7. The largest absolute Gasteiger partial charge is 0 e. The summed E-state index contributed by atoms with van der Waals surface area (Å²) in [5.74, 6) is 0.416. The first kappa shape index (κ1) is 33.0. The third-order valence-corrected chi connectivity index (χ3v) is 4.81. The summed E-state index contributed by atoms with van der Waals surface area (Å²) in [6.45, 7) is 15.4. The molecule has 1 aromatic rings. The van der Waals surface area contributed by atoms with Crippen molar-refractivity contribution in [2.24, 2.45) is 0 Å². The van der Waals surface area contributed by atoms with Crippen LogP contribution in [0, 0.1) is 20.0 Å². The molecule has 0 heterocycles. The van der Waals surface area contributed by atoms with Crippen molar-refractivity contribution in [2.45, 2.75) is 51.0 Å². The van der Waals surface area contributed by atoms with Crippen LogP contribution in [0.2, 0.25) is 0 Å². The zero-order valence-corrected chi connectivity index (χ0v) is 18.2. The van der Waals surface area contributed by atoms with Crippen molar-refractivity contribution in [1.82, 2.24) is 0 Å². The predicted molar refractivity (Wildman–Crippen MR) is 91.0 cm³/mol. The van der Waals surface area contributed by atoms with Crippen molar-refractivity contribution in [3.8, 4) is 11.5 Å². The Kier molecular flexibility index (Phi) is 17.6. The molecule has 30 heavy (non-hydrogen) atoms. The van der Waals surface area contributed by atoms with Crippen LogP contribution < -0.4 is 8.92 Å². The summed E-state index contributed by atoms with van der Waals surface area (Å²) in [5.41, 5.74) is -3.76. The molecule has 0 aliphatic heterocycles. The number of methoxy groups -OCH3 is 1. The van der Waals surface area contributed by atoms with E-state index in [2.05, 4.69) is 24.1 Å². The summed E-state index contributed by atoms with van der Waals surface area (Å²) >= 11 is 0. The molecule has 0 saturated carbocycles. The molecular weight excluding hydrogens is 469 g/mol. The van der Waals surface area contributed by atoms with E-state index in [-0.39, 0.29) is 23.1 Å². The van der Waals surface area contributed by atoms with Crippen LogP contribution in [-0.2, 0) is 60.7 Å². The second-order valence-corrected chi connectivity index (χ2v) is 7.00. The minimum absolute atomic E-state index is 0. The van der Waals surface area contributed by atoms with Crippen molar-refractivity contribution >= 4 is 10.1 Å². The van der Waals surface area contributed by atoms with Gasteiger partial charge in [0.25, 0.3) is 0 Å². The van der Waals surface area contributed by atoms with E-state index in [1.807, 2.05) is 6.92 Å². The predicted octanol–water partition coefficient (Wildman–Crippen LogP) is 3.64. The Morgan fingerprint density at radius 2 is 1.50 bits per heavy atom. The Bertz CT molecular complexity index is 802. The smallest absolute Gasteiger partial charge is 0 e. The van der Waals surface area contributed by atoms with Crippen LogP contribution in [0.1, 0.15) is 42.9 Å². The summed E-state index contributed by atoms with van der Waals surface area (Å²) in [5, 5.41) is 0. The molecule has 0 atom stereocenters. The van der Waals surface area contributed by atoms with E-state index in [9.17, 15) is 21.6 Å². The van der Waals surface area contributed by atoms with Crippen LogP contribution in [0.25, 0.3) is 0 Å². The number of halogens is 3. The van der Waals surface area contributed by atoms with Crippen LogP contribution >= 0.6 is 0 Å². The quantitative estimate of drug-likeness (QED) is 0.273. The molecule has 1 aliphatic carbocycles. The fraction of sp³-hybridized carbons (Fsp3) is 0.500. The monoisotopic (exact) mass is 488 g/mol. The van der Waals surface area contributed by atoms with Crippen molar-refractivity contribution in [2.75, 3.05) is 7.11 Å². The van der Waals surface area contributed by atoms with E-state index in [0.717, 1.165) is 18.4 Å². The Morgan fingerprint density at radius 3 is 1.90 bits per heavy atom. The van der Waals surface area contributed by atoms with Crippen LogP contribution in [0.4, 0.5) is 13.2 Å². The molecule has 1 aromatic carbocycles. The van der Waals surface area contributed by atoms with Gasteiger partial charge in [-0.1, -0.05) is 13.3 Å². The molecular formula is C18H19CrF3O7S. The SMILES string of the molecule is CCCc1cc(OC)c2c(c1OS(=O)(=O)C(F)(F)F)CCCC2.[C-]#[O+].[C-]#[O+].[C-]#[O+].[Cr]. The van der Waals surface area contributed by atoms with Crippen LogP contribution in [0.3, 0.4) is 0 Å². The molecule has 0 fully saturated rings. The summed E-state index contributed by atoms with van der Waals surface area (Å²) in [7, 11) is -4.19. The standard InChI is InChI=1S/C15H19F3O4S.3CO.Cr/c1-3-6-10-9-13(21-2)11-7-4-5-8-12(11)14(10)22-23(19,20)15(16,17)18;3*1-2;/h9H,3-8H2,1-2H3;;;;. The van der Waals surface area contributed by atoms with Gasteiger partial charge in [0.15, 0.2) is 0 Å². The Hall–Kier alpha value is -1.69. The van der Waals surface area contributed by atoms with Crippen LogP contribution in [-0.4, -0.2) is 21.0 Å². The minimum atomic E-state index is -5.69. The normalized spacial score (nSPS) is 11.8. The average molecular weight is 488 g/mol. The Labute approximate surface area is 184 Å². The fourth-order valence-corrected chi connectivity index (χ4v) is 3.35. The summed E-state index contributed by atoms with van der Waals surface area (Å²) in [6, 6.07) is 1.59. The molecule has 0 bridgehead atoms. The number of benzene rings is 1. The minimum Gasteiger partial charge on any atom is 0 e. The van der Waals surface area contributed by atoms with Gasteiger partial charge in [-0.3, -0.25) is 0 Å². The van der Waals surface area contributed by atoms with Crippen molar-refractivity contribution in [1.29, 1.82) is 0 Å². The average Bonchev–Trinajstić information content (AvgIpc) is 2.73. The van der Waals surface area contributed by atoms with Crippen molar-refractivity contribution in [3.05, 3.63) is 42.7 Å². The van der Waals surface area contributed by atoms with Gasteiger partial charge in [-0.25, -0.2) is 0 Å². The van der Waals surface area contributed by atoms with Gasteiger partial charge in [0.2, 0.25) is 0 Å². The number of hydrogen-bond acceptors (Lipinski definition) is 4. The van der Waals surface area contributed by atoms with Crippen molar-refractivity contribution < 1.29 is 61.8 Å². The number of ether oxygens (including phenoxy) is 1. The van der Waals surface area contributed by atoms with Gasteiger partial charge in [0.1, 0.15) is 11.5 Å². The number of rotatable bonds is 5. The van der Waals surface area contributed by atoms with Gasteiger partial charge >= 0.3 is 49.5 Å². The van der Waals surface area contributed by atoms with Crippen LogP contribution in [0.5, 0.6) is 11.5 Å². The Morgan fingerprint density at radius 1 is 1.03 bits per heavy atom. The molecule has 0 unspecified atom stereocenters. The summed E-state index contributed by atoms with van der Waals surface area (Å²) in [6.07, 6.45) is 3.81. The van der Waals surface area contributed by atoms with Crippen molar-refractivity contribution in [3.63, 3.8) is 0 Å². The van der Waals surface area contributed by atoms with Gasteiger partial charge in [0.05, 0.1) is 7.11 Å². The zero-order valence-electron chi connectivity index (χ0n) is 16.1. The maximum Gasteiger partial charge on any atom is 0 e. The maximum atomic E-state index is 12.7.